The van der Waals surface area contributed by atoms with E-state index < -0.39 is 0 Å². The highest BCUT2D eigenvalue weighted by Gasteiger charge is 2.04. The highest BCUT2D eigenvalue weighted by Crippen LogP contribution is 2.23. The Balaban J connectivity index is -0.000000353. The fraction of sp³-hybridized carbons (Fsp3) is 0.500. The maximum atomic E-state index is 3.29. The molecule has 0 aliphatic carbocycles. The van der Waals surface area contributed by atoms with Crippen molar-refractivity contribution in [3.8, 4) is 11.3 Å². The zero-order chi connectivity index (χ0) is 17.3. The molecule has 0 radical (unpaired) electrons. The summed E-state index contributed by atoms with van der Waals surface area (Å²) in [4.78, 5) is 3.29. The van der Waals surface area contributed by atoms with Gasteiger partial charge in [-0.1, -0.05) is 85.7 Å². The Morgan fingerprint density at radius 3 is 1.43 bits per heavy atom. The minimum atomic E-state index is 1.23. The molecule has 0 aliphatic rings. The van der Waals surface area contributed by atoms with Crippen molar-refractivity contribution in [2.24, 2.45) is 0 Å². The molecule has 122 valence electrons. The van der Waals surface area contributed by atoms with Crippen molar-refractivity contribution in [3.63, 3.8) is 0 Å². The summed E-state index contributed by atoms with van der Waals surface area (Å²) in [6, 6.07) is 10.4. The van der Waals surface area contributed by atoms with Crippen molar-refractivity contribution in [2.75, 3.05) is 0 Å². The van der Waals surface area contributed by atoms with Gasteiger partial charge in [0.05, 0.1) is 0 Å². The van der Waals surface area contributed by atoms with Crippen LogP contribution in [-0.4, -0.2) is 4.98 Å². The summed E-state index contributed by atoms with van der Waals surface area (Å²) in [7, 11) is 0. The summed E-state index contributed by atoms with van der Waals surface area (Å²) in [6.07, 6.45) is 2.05. The standard InChI is InChI=1S/C12H13N.4C2H6/c1-9-8-13-12(10(9)2)11-6-4-3-5-7-11;4*1-2/h3-8,13H,1-2H3;4*1-2H3. The minimum absolute atomic E-state index is 1.23. The number of aryl methyl sites for hydroxylation is 1. The zero-order valence-electron chi connectivity index (χ0n) is 16.0. The molecule has 1 nitrogen and oxygen atoms in total. The summed E-state index contributed by atoms with van der Waals surface area (Å²) >= 11 is 0. The van der Waals surface area contributed by atoms with E-state index in [9.17, 15) is 0 Å². The average Bonchev–Trinajstić information content (AvgIpc) is 2.95. The Hall–Kier alpha value is -1.50. The van der Waals surface area contributed by atoms with Crippen LogP contribution in [0.5, 0.6) is 0 Å². The van der Waals surface area contributed by atoms with Crippen molar-refractivity contribution >= 4 is 0 Å². The van der Waals surface area contributed by atoms with Gasteiger partial charge in [0.1, 0.15) is 0 Å². The van der Waals surface area contributed by atoms with E-state index in [4.69, 9.17) is 0 Å². The molecule has 1 N–H and O–H groups in total. The molecule has 1 aromatic carbocycles. The van der Waals surface area contributed by atoms with Gasteiger partial charge in [-0.25, -0.2) is 0 Å². The van der Waals surface area contributed by atoms with E-state index in [1.165, 1.54) is 22.4 Å². The van der Waals surface area contributed by atoms with Crippen molar-refractivity contribution in [3.05, 3.63) is 47.7 Å². The molecule has 2 aromatic rings. The molecule has 0 atom stereocenters. The van der Waals surface area contributed by atoms with Gasteiger partial charge in [0.15, 0.2) is 0 Å². The van der Waals surface area contributed by atoms with E-state index in [2.05, 4.69) is 49.3 Å². The van der Waals surface area contributed by atoms with E-state index in [0.29, 0.717) is 0 Å². The Morgan fingerprint density at radius 1 is 0.667 bits per heavy atom. The topological polar surface area (TPSA) is 15.8 Å². The molecular formula is C20H37N. The molecule has 1 aromatic heterocycles. The molecule has 2 rings (SSSR count). The Morgan fingerprint density at radius 2 is 1.10 bits per heavy atom. The first kappa shape index (κ1) is 24.5. The zero-order valence-corrected chi connectivity index (χ0v) is 16.0. The summed E-state index contributed by atoms with van der Waals surface area (Å²) in [5, 5.41) is 0. The minimum Gasteiger partial charge on any atom is -0.361 e. The van der Waals surface area contributed by atoms with Crippen LogP contribution >= 0.6 is 0 Å². The van der Waals surface area contributed by atoms with Crippen LogP contribution in [0.4, 0.5) is 0 Å². The van der Waals surface area contributed by atoms with Crippen LogP contribution in [0, 0.1) is 13.8 Å². The molecule has 0 spiro atoms. The quantitative estimate of drug-likeness (QED) is 0.563. The van der Waals surface area contributed by atoms with Crippen LogP contribution in [-0.2, 0) is 0 Å². The Labute approximate surface area is 133 Å². The molecule has 0 unspecified atom stereocenters. The predicted molar refractivity (Wildman–Crippen MR) is 101 cm³/mol. The molecule has 0 fully saturated rings. The van der Waals surface area contributed by atoms with E-state index in [1.54, 1.807) is 0 Å². The van der Waals surface area contributed by atoms with Crippen LogP contribution in [0.25, 0.3) is 11.3 Å². The number of H-pyrrole nitrogens is 1. The average molecular weight is 292 g/mol. The molecule has 21 heavy (non-hydrogen) atoms. The molecule has 0 saturated carbocycles. The van der Waals surface area contributed by atoms with Crippen LogP contribution in [0.2, 0.25) is 0 Å². The Bertz CT molecular complexity index is 399. The molecule has 0 saturated heterocycles. The lowest BCUT2D eigenvalue weighted by atomic mass is 10.1. The van der Waals surface area contributed by atoms with Crippen molar-refractivity contribution in [1.82, 2.24) is 4.98 Å². The number of rotatable bonds is 1. The summed E-state index contributed by atoms with van der Waals surface area (Å²) in [5.41, 5.74) is 5.15. The Kier molecular flexibility index (Phi) is 21.6. The van der Waals surface area contributed by atoms with Gasteiger partial charge < -0.3 is 4.98 Å². The van der Waals surface area contributed by atoms with Crippen molar-refractivity contribution in [2.45, 2.75) is 69.2 Å². The number of aromatic amines is 1. The van der Waals surface area contributed by atoms with E-state index >= 15 is 0 Å². The van der Waals surface area contributed by atoms with E-state index in [0.717, 1.165) is 0 Å². The van der Waals surface area contributed by atoms with E-state index in [-0.39, 0.29) is 0 Å². The van der Waals surface area contributed by atoms with Crippen molar-refractivity contribution in [1.29, 1.82) is 0 Å². The number of benzene rings is 1. The number of nitrogens with one attached hydrogen (secondary N) is 1. The third-order valence-electron chi connectivity index (χ3n) is 2.46. The fourth-order valence-corrected chi connectivity index (χ4v) is 1.50. The third-order valence-corrected chi connectivity index (χ3v) is 2.46. The summed E-state index contributed by atoms with van der Waals surface area (Å²) < 4.78 is 0. The molecular weight excluding hydrogens is 254 g/mol. The molecule has 0 bridgehead atoms. The highest BCUT2D eigenvalue weighted by molar-refractivity contribution is 5.64. The fourth-order valence-electron chi connectivity index (χ4n) is 1.50. The smallest absolute Gasteiger partial charge is 0.0486 e. The van der Waals surface area contributed by atoms with Crippen LogP contribution in [0.3, 0.4) is 0 Å². The second-order valence-electron chi connectivity index (χ2n) is 3.34. The maximum absolute atomic E-state index is 3.29. The van der Waals surface area contributed by atoms with Crippen molar-refractivity contribution < 1.29 is 0 Å². The second kappa shape index (κ2) is 18.5. The first-order valence-electron chi connectivity index (χ1n) is 8.49. The van der Waals surface area contributed by atoms with Gasteiger partial charge in [-0.3, -0.25) is 0 Å². The van der Waals surface area contributed by atoms with Crippen LogP contribution < -0.4 is 0 Å². The van der Waals surface area contributed by atoms with Gasteiger partial charge in [0.2, 0.25) is 0 Å². The SMILES string of the molecule is CC.CC.CC.CC.Cc1c[nH]c(-c2ccccc2)c1C. The molecule has 1 heterocycles. The maximum Gasteiger partial charge on any atom is 0.0486 e. The molecule has 0 aliphatic heterocycles. The van der Waals surface area contributed by atoms with Gasteiger partial charge in [-0.15, -0.1) is 0 Å². The normalized spacial score (nSPS) is 7.52. The lowest BCUT2D eigenvalue weighted by Crippen LogP contribution is -1.79. The summed E-state index contributed by atoms with van der Waals surface area (Å²) in [5.74, 6) is 0. The number of aromatic nitrogens is 1. The lowest BCUT2D eigenvalue weighted by Gasteiger charge is -1.99. The van der Waals surface area contributed by atoms with Gasteiger partial charge in [0, 0.05) is 11.9 Å². The number of hydrogen-bond donors (Lipinski definition) is 1. The molecule has 0 amide bonds. The van der Waals surface area contributed by atoms with Gasteiger partial charge in [0.25, 0.3) is 0 Å². The third kappa shape index (κ3) is 9.12. The first-order chi connectivity index (χ1) is 10.3. The molecule has 1 heteroatoms. The largest absolute Gasteiger partial charge is 0.361 e. The van der Waals surface area contributed by atoms with E-state index in [1.807, 2.05) is 61.5 Å². The van der Waals surface area contributed by atoms with Crippen LogP contribution in [0.15, 0.2) is 36.5 Å². The van der Waals surface area contributed by atoms with Gasteiger partial charge in [-0.05, 0) is 30.5 Å². The summed E-state index contributed by atoms with van der Waals surface area (Å²) in [6.45, 7) is 20.3. The second-order valence-corrected chi connectivity index (χ2v) is 3.34. The first-order valence-corrected chi connectivity index (χ1v) is 8.49. The lowest BCUT2D eigenvalue weighted by molar-refractivity contribution is 1.38. The number of hydrogen-bond acceptors (Lipinski definition) is 0. The monoisotopic (exact) mass is 291 g/mol. The van der Waals surface area contributed by atoms with Gasteiger partial charge >= 0.3 is 0 Å². The van der Waals surface area contributed by atoms with Gasteiger partial charge in [-0.2, -0.15) is 0 Å². The van der Waals surface area contributed by atoms with Crippen LogP contribution in [0.1, 0.15) is 66.5 Å². The predicted octanol–water partition coefficient (Wildman–Crippen LogP) is 7.40. The highest BCUT2D eigenvalue weighted by atomic mass is 14.7.